The van der Waals surface area contributed by atoms with E-state index in [9.17, 15) is 4.79 Å². The minimum atomic E-state index is -0.146. The zero-order valence-corrected chi connectivity index (χ0v) is 16.6. The van der Waals surface area contributed by atoms with Crippen molar-refractivity contribution >= 4 is 17.5 Å². The quantitative estimate of drug-likeness (QED) is 0.669. The minimum absolute atomic E-state index is 0.146. The van der Waals surface area contributed by atoms with Crippen LogP contribution in [0.25, 0.3) is 5.69 Å². The third-order valence-corrected chi connectivity index (χ3v) is 5.01. The van der Waals surface area contributed by atoms with Crippen molar-refractivity contribution in [2.45, 2.75) is 20.4 Å². The normalized spacial score (nSPS) is 15.2. The first-order valence-electron chi connectivity index (χ1n) is 9.13. The fraction of sp³-hybridized carbons (Fsp3) is 0.368. The van der Waals surface area contributed by atoms with Crippen LogP contribution in [0.3, 0.4) is 0 Å². The molecule has 1 aliphatic heterocycles. The van der Waals surface area contributed by atoms with E-state index in [0.717, 1.165) is 36.8 Å². The Morgan fingerprint density at radius 2 is 1.86 bits per heavy atom. The van der Waals surface area contributed by atoms with Gasteiger partial charge in [0.2, 0.25) is 5.82 Å². The van der Waals surface area contributed by atoms with Crippen molar-refractivity contribution in [2.24, 2.45) is 0 Å². The second kappa shape index (κ2) is 7.73. The Morgan fingerprint density at radius 1 is 1.14 bits per heavy atom. The minimum Gasteiger partial charge on any atom is -0.361 e. The predicted octanol–water partition coefficient (Wildman–Crippen LogP) is 2.48. The lowest BCUT2D eigenvalue weighted by Crippen LogP contribution is -2.48. The maximum atomic E-state index is 12.8. The molecule has 0 saturated carbocycles. The van der Waals surface area contributed by atoms with Gasteiger partial charge in [0, 0.05) is 43.8 Å². The Hall–Kier alpha value is -2.71. The van der Waals surface area contributed by atoms with E-state index >= 15 is 0 Å². The summed E-state index contributed by atoms with van der Waals surface area (Å²) in [6.07, 6.45) is 0. The molecule has 146 valence electrons. The lowest BCUT2D eigenvalue weighted by molar-refractivity contribution is 0.0614. The molecule has 0 aliphatic carbocycles. The van der Waals surface area contributed by atoms with Gasteiger partial charge in [-0.3, -0.25) is 9.69 Å². The highest BCUT2D eigenvalue weighted by molar-refractivity contribution is 6.30. The zero-order valence-electron chi connectivity index (χ0n) is 15.8. The standard InChI is InChI=1S/C19H21ClN6O2/c1-13-11-16(23-28-13)12-24-7-9-25(10-8-24)19(27)18-21-14(2)26(22-18)17-5-3-15(20)4-6-17/h3-6,11H,7-10,12H2,1-2H3. The summed E-state index contributed by atoms with van der Waals surface area (Å²) in [6, 6.07) is 9.21. The molecule has 2 aromatic heterocycles. The molecule has 0 unspecified atom stereocenters. The van der Waals surface area contributed by atoms with E-state index < -0.39 is 0 Å². The van der Waals surface area contributed by atoms with E-state index in [2.05, 4.69) is 20.1 Å². The van der Waals surface area contributed by atoms with Gasteiger partial charge in [-0.25, -0.2) is 9.67 Å². The third kappa shape index (κ3) is 3.93. The first-order chi connectivity index (χ1) is 13.5. The molecule has 28 heavy (non-hydrogen) atoms. The van der Waals surface area contributed by atoms with Gasteiger partial charge >= 0.3 is 0 Å². The number of carbonyl (C=O) groups excluding carboxylic acids is 1. The number of amides is 1. The summed E-state index contributed by atoms with van der Waals surface area (Å²) in [5, 5.41) is 9.09. The Balaban J connectivity index is 1.40. The molecule has 8 nitrogen and oxygen atoms in total. The molecular formula is C19H21ClN6O2. The van der Waals surface area contributed by atoms with Crippen LogP contribution in [-0.4, -0.2) is 61.8 Å². The third-order valence-electron chi connectivity index (χ3n) is 4.75. The van der Waals surface area contributed by atoms with Crippen molar-refractivity contribution in [3.8, 4) is 5.69 Å². The highest BCUT2D eigenvalue weighted by Crippen LogP contribution is 2.15. The molecule has 0 radical (unpaired) electrons. The van der Waals surface area contributed by atoms with Crippen molar-refractivity contribution in [3.63, 3.8) is 0 Å². The van der Waals surface area contributed by atoms with Crippen LogP contribution in [0.15, 0.2) is 34.9 Å². The molecule has 4 rings (SSSR count). The van der Waals surface area contributed by atoms with Crippen molar-refractivity contribution in [2.75, 3.05) is 26.2 Å². The number of rotatable bonds is 4. The summed E-state index contributed by atoms with van der Waals surface area (Å²) in [4.78, 5) is 21.3. The summed E-state index contributed by atoms with van der Waals surface area (Å²) >= 11 is 5.94. The summed E-state index contributed by atoms with van der Waals surface area (Å²) in [5.74, 6) is 1.54. The number of hydrogen-bond donors (Lipinski definition) is 0. The predicted molar refractivity (Wildman–Crippen MR) is 104 cm³/mol. The lowest BCUT2D eigenvalue weighted by atomic mass is 10.2. The fourth-order valence-corrected chi connectivity index (χ4v) is 3.41. The van der Waals surface area contributed by atoms with Crippen molar-refractivity contribution in [3.05, 3.63) is 58.5 Å². The molecule has 0 bridgehead atoms. The van der Waals surface area contributed by atoms with E-state index in [4.69, 9.17) is 16.1 Å². The van der Waals surface area contributed by atoms with Gasteiger partial charge in [0.05, 0.1) is 11.4 Å². The molecule has 1 aliphatic rings. The molecule has 0 atom stereocenters. The lowest BCUT2D eigenvalue weighted by Gasteiger charge is -2.33. The van der Waals surface area contributed by atoms with Crippen LogP contribution in [-0.2, 0) is 6.54 Å². The molecule has 1 amide bonds. The van der Waals surface area contributed by atoms with E-state index in [1.807, 2.05) is 32.0 Å². The number of nitrogens with zero attached hydrogens (tertiary/aromatic N) is 6. The Labute approximate surface area is 167 Å². The number of carbonyl (C=O) groups is 1. The maximum absolute atomic E-state index is 12.8. The van der Waals surface area contributed by atoms with Gasteiger partial charge in [0.1, 0.15) is 11.6 Å². The van der Waals surface area contributed by atoms with Gasteiger partial charge in [-0.1, -0.05) is 16.8 Å². The van der Waals surface area contributed by atoms with Crippen LogP contribution in [0.2, 0.25) is 5.02 Å². The Morgan fingerprint density at radius 3 is 2.50 bits per heavy atom. The first-order valence-corrected chi connectivity index (χ1v) is 9.51. The maximum Gasteiger partial charge on any atom is 0.293 e. The average molecular weight is 401 g/mol. The number of halogens is 1. The monoisotopic (exact) mass is 400 g/mol. The van der Waals surface area contributed by atoms with Gasteiger partial charge in [0.25, 0.3) is 5.91 Å². The SMILES string of the molecule is Cc1cc(CN2CCN(C(=O)c3nc(C)n(-c4ccc(Cl)cc4)n3)CC2)no1. The largest absolute Gasteiger partial charge is 0.361 e. The highest BCUT2D eigenvalue weighted by Gasteiger charge is 2.26. The topological polar surface area (TPSA) is 80.3 Å². The summed E-state index contributed by atoms with van der Waals surface area (Å²) in [6.45, 7) is 7.24. The highest BCUT2D eigenvalue weighted by atomic mass is 35.5. The van der Waals surface area contributed by atoms with Crippen LogP contribution in [0.1, 0.15) is 27.9 Å². The molecule has 9 heteroatoms. The van der Waals surface area contributed by atoms with Crippen LogP contribution in [0, 0.1) is 13.8 Å². The number of piperazine rings is 1. The molecule has 1 saturated heterocycles. The van der Waals surface area contributed by atoms with E-state index in [1.165, 1.54) is 0 Å². The second-order valence-corrected chi connectivity index (χ2v) is 7.30. The van der Waals surface area contributed by atoms with Crippen molar-refractivity contribution < 1.29 is 9.32 Å². The van der Waals surface area contributed by atoms with Gasteiger partial charge in [-0.05, 0) is 38.1 Å². The van der Waals surface area contributed by atoms with Crippen molar-refractivity contribution in [1.29, 1.82) is 0 Å². The number of hydrogen-bond acceptors (Lipinski definition) is 6. The molecule has 1 aromatic carbocycles. The molecular weight excluding hydrogens is 380 g/mol. The number of benzene rings is 1. The van der Waals surface area contributed by atoms with Crippen LogP contribution in [0.5, 0.6) is 0 Å². The molecule has 0 N–H and O–H groups in total. The van der Waals surface area contributed by atoms with Gasteiger partial charge in [0.15, 0.2) is 0 Å². The molecule has 1 fully saturated rings. The smallest absolute Gasteiger partial charge is 0.293 e. The fourth-order valence-electron chi connectivity index (χ4n) is 3.28. The van der Waals surface area contributed by atoms with Crippen LogP contribution in [0.4, 0.5) is 0 Å². The Kier molecular flexibility index (Phi) is 5.15. The Bertz CT molecular complexity index is 973. The van der Waals surface area contributed by atoms with Gasteiger partial charge in [-0.15, -0.1) is 5.10 Å². The average Bonchev–Trinajstić information content (AvgIpc) is 3.28. The first kappa shape index (κ1) is 18.6. The van der Waals surface area contributed by atoms with E-state index in [-0.39, 0.29) is 11.7 Å². The molecule has 3 aromatic rings. The second-order valence-electron chi connectivity index (χ2n) is 6.87. The zero-order chi connectivity index (χ0) is 19.7. The summed E-state index contributed by atoms with van der Waals surface area (Å²) < 4.78 is 6.77. The number of aromatic nitrogens is 4. The van der Waals surface area contributed by atoms with Gasteiger partial charge < -0.3 is 9.42 Å². The van der Waals surface area contributed by atoms with Gasteiger partial charge in [-0.2, -0.15) is 0 Å². The van der Waals surface area contributed by atoms with E-state index in [1.54, 1.807) is 21.7 Å². The molecule has 3 heterocycles. The van der Waals surface area contributed by atoms with Crippen LogP contribution < -0.4 is 0 Å². The van der Waals surface area contributed by atoms with E-state index in [0.29, 0.717) is 23.9 Å². The molecule has 0 spiro atoms. The summed E-state index contributed by atoms with van der Waals surface area (Å²) in [7, 11) is 0. The summed E-state index contributed by atoms with van der Waals surface area (Å²) in [5.41, 5.74) is 1.73. The number of aryl methyl sites for hydroxylation is 2. The van der Waals surface area contributed by atoms with Crippen LogP contribution >= 0.6 is 11.6 Å². The van der Waals surface area contributed by atoms with Crippen molar-refractivity contribution in [1.82, 2.24) is 29.7 Å².